The van der Waals surface area contributed by atoms with Crippen molar-refractivity contribution in [2.75, 3.05) is 21.3 Å². The van der Waals surface area contributed by atoms with Gasteiger partial charge in [-0.15, -0.1) is 0 Å². The summed E-state index contributed by atoms with van der Waals surface area (Å²) in [5.74, 6) is 2.62. The van der Waals surface area contributed by atoms with E-state index in [2.05, 4.69) is 20.1 Å². The van der Waals surface area contributed by atoms with Gasteiger partial charge in [0.1, 0.15) is 0 Å². The molecule has 2 heterocycles. The molecule has 27 heavy (non-hydrogen) atoms. The number of aromatic amines is 1. The van der Waals surface area contributed by atoms with Crippen LogP contribution < -0.4 is 19.8 Å². The maximum absolute atomic E-state index is 11.5. The fraction of sp³-hybridized carbons (Fsp3) is 0.294. The molecule has 2 aromatic heterocycles. The average molecular weight is 390 g/mol. The quantitative estimate of drug-likeness (QED) is 0.480. The number of aromatic nitrogens is 4. The molecule has 0 aliphatic heterocycles. The van der Waals surface area contributed by atoms with Gasteiger partial charge in [0.25, 0.3) is 5.56 Å². The van der Waals surface area contributed by atoms with E-state index in [9.17, 15) is 4.79 Å². The number of methoxy groups -OCH3 is 3. The number of nitrogens with zero attached hydrogens (tertiary/aromatic N) is 3. The lowest BCUT2D eigenvalue weighted by molar-refractivity contribution is 0.324. The number of ether oxygens (including phenoxy) is 3. The molecule has 0 unspecified atom stereocenters. The molecule has 142 valence electrons. The summed E-state index contributed by atoms with van der Waals surface area (Å²) in [6, 6.07) is 4.91. The van der Waals surface area contributed by atoms with Crippen molar-refractivity contribution in [3.8, 4) is 28.6 Å². The number of hydrogen-bond acceptors (Lipinski definition) is 9. The molecule has 3 rings (SSSR count). The lowest BCUT2D eigenvalue weighted by atomic mass is 10.1. The van der Waals surface area contributed by atoms with E-state index in [1.807, 2.05) is 0 Å². The summed E-state index contributed by atoms with van der Waals surface area (Å²) in [5.41, 5.74) is 1.10. The van der Waals surface area contributed by atoms with Crippen molar-refractivity contribution >= 4 is 11.8 Å². The first-order valence-electron chi connectivity index (χ1n) is 7.87. The first-order valence-corrected chi connectivity index (χ1v) is 8.86. The van der Waals surface area contributed by atoms with Crippen molar-refractivity contribution in [1.82, 2.24) is 20.1 Å². The maximum atomic E-state index is 11.5. The molecule has 1 N–H and O–H groups in total. The molecule has 0 bridgehead atoms. The zero-order valence-electron chi connectivity index (χ0n) is 15.2. The summed E-state index contributed by atoms with van der Waals surface area (Å²) in [6.07, 6.45) is 0. The Labute approximate surface area is 159 Å². The Morgan fingerprint density at radius 2 is 1.78 bits per heavy atom. The third-order valence-corrected chi connectivity index (χ3v) is 4.43. The fourth-order valence-electron chi connectivity index (χ4n) is 2.39. The molecular formula is C17H18N4O5S. The molecular weight excluding hydrogens is 372 g/mol. The van der Waals surface area contributed by atoms with E-state index in [0.717, 1.165) is 0 Å². The van der Waals surface area contributed by atoms with Crippen molar-refractivity contribution in [2.45, 2.75) is 17.8 Å². The molecule has 0 amide bonds. The van der Waals surface area contributed by atoms with E-state index < -0.39 is 0 Å². The Morgan fingerprint density at radius 1 is 1.07 bits per heavy atom. The molecule has 0 aliphatic carbocycles. The second-order valence-corrected chi connectivity index (χ2v) is 6.37. The smallest absolute Gasteiger partial charge is 0.251 e. The maximum Gasteiger partial charge on any atom is 0.251 e. The number of nitrogens with one attached hydrogen (secondary N) is 1. The average Bonchev–Trinajstić information content (AvgIpc) is 3.13. The van der Waals surface area contributed by atoms with E-state index in [0.29, 0.717) is 51.1 Å². The Morgan fingerprint density at radius 3 is 2.37 bits per heavy atom. The molecule has 0 saturated carbocycles. The monoisotopic (exact) mass is 390 g/mol. The van der Waals surface area contributed by atoms with Crippen LogP contribution in [0.5, 0.6) is 17.2 Å². The lowest BCUT2D eigenvalue weighted by Crippen LogP contribution is -2.08. The van der Waals surface area contributed by atoms with E-state index in [4.69, 9.17) is 18.7 Å². The minimum Gasteiger partial charge on any atom is -0.493 e. The highest BCUT2D eigenvalue weighted by atomic mass is 32.2. The van der Waals surface area contributed by atoms with E-state index in [-0.39, 0.29) is 5.56 Å². The number of rotatable bonds is 7. The number of benzene rings is 1. The predicted octanol–water partition coefficient (Wildman–Crippen LogP) is 2.45. The van der Waals surface area contributed by atoms with Gasteiger partial charge in [0.2, 0.25) is 17.5 Å². The minimum atomic E-state index is -0.200. The molecule has 0 atom stereocenters. The second kappa shape index (κ2) is 8.12. The summed E-state index contributed by atoms with van der Waals surface area (Å²) < 4.78 is 21.3. The van der Waals surface area contributed by atoms with Crippen LogP contribution in [0.1, 0.15) is 11.6 Å². The third kappa shape index (κ3) is 4.22. The van der Waals surface area contributed by atoms with Crippen molar-refractivity contribution in [3.63, 3.8) is 0 Å². The summed E-state index contributed by atoms with van der Waals surface area (Å²) >= 11 is 1.30. The summed E-state index contributed by atoms with van der Waals surface area (Å²) in [7, 11) is 4.61. The SMILES string of the molecule is COc1cc(-c2noc(CSc3nc(C)cc(=O)[nH]3)n2)cc(OC)c1OC. The van der Waals surface area contributed by atoms with Gasteiger partial charge in [0, 0.05) is 17.3 Å². The minimum absolute atomic E-state index is 0.200. The van der Waals surface area contributed by atoms with Crippen LogP contribution in [0.25, 0.3) is 11.4 Å². The highest BCUT2D eigenvalue weighted by Crippen LogP contribution is 2.40. The molecule has 1 aromatic carbocycles. The first kappa shape index (κ1) is 18.8. The van der Waals surface area contributed by atoms with E-state index in [1.165, 1.54) is 39.2 Å². The normalized spacial score (nSPS) is 10.7. The Hall–Kier alpha value is -3.01. The van der Waals surface area contributed by atoms with Crippen LogP contribution in [-0.4, -0.2) is 41.4 Å². The number of aryl methyl sites for hydroxylation is 1. The highest BCUT2D eigenvalue weighted by Gasteiger charge is 2.17. The van der Waals surface area contributed by atoms with Crippen LogP contribution in [0.15, 0.2) is 32.7 Å². The van der Waals surface area contributed by atoms with Crippen LogP contribution >= 0.6 is 11.8 Å². The molecule has 0 saturated heterocycles. The Bertz CT molecular complexity index is 976. The van der Waals surface area contributed by atoms with Gasteiger partial charge >= 0.3 is 0 Å². The third-order valence-electron chi connectivity index (χ3n) is 3.57. The second-order valence-electron chi connectivity index (χ2n) is 5.41. The highest BCUT2D eigenvalue weighted by molar-refractivity contribution is 7.98. The standard InChI is InChI=1S/C17H18N4O5S/c1-9-5-13(22)19-17(18-9)27-8-14-20-16(21-26-14)10-6-11(23-2)15(25-4)12(7-10)24-3/h5-7H,8H2,1-4H3,(H,18,19,22). The number of thioether (sulfide) groups is 1. The summed E-state index contributed by atoms with van der Waals surface area (Å²) in [5, 5.41) is 4.49. The fourth-order valence-corrected chi connectivity index (χ4v) is 3.15. The van der Waals surface area contributed by atoms with Gasteiger partial charge in [-0.3, -0.25) is 4.79 Å². The topological polar surface area (TPSA) is 112 Å². The zero-order chi connectivity index (χ0) is 19.4. The van der Waals surface area contributed by atoms with Gasteiger partial charge in [0.05, 0.1) is 27.1 Å². The molecule has 10 heteroatoms. The van der Waals surface area contributed by atoms with Crippen LogP contribution in [0.4, 0.5) is 0 Å². The zero-order valence-corrected chi connectivity index (χ0v) is 16.0. The van der Waals surface area contributed by atoms with E-state index in [1.54, 1.807) is 19.1 Å². The van der Waals surface area contributed by atoms with Gasteiger partial charge in [0.15, 0.2) is 16.7 Å². The Kier molecular flexibility index (Phi) is 5.65. The lowest BCUT2D eigenvalue weighted by Gasteiger charge is -2.12. The largest absolute Gasteiger partial charge is 0.493 e. The van der Waals surface area contributed by atoms with Gasteiger partial charge < -0.3 is 23.7 Å². The Balaban J connectivity index is 1.82. The van der Waals surface area contributed by atoms with Crippen molar-refractivity contribution in [3.05, 3.63) is 40.1 Å². The van der Waals surface area contributed by atoms with Crippen LogP contribution in [0, 0.1) is 6.92 Å². The van der Waals surface area contributed by atoms with Gasteiger partial charge in [-0.2, -0.15) is 4.98 Å². The predicted molar refractivity (Wildman–Crippen MR) is 98.5 cm³/mol. The number of hydrogen-bond donors (Lipinski definition) is 1. The van der Waals surface area contributed by atoms with Gasteiger partial charge in [-0.05, 0) is 19.1 Å². The molecule has 9 nitrogen and oxygen atoms in total. The van der Waals surface area contributed by atoms with Crippen molar-refractivity contribution in [2.24, 2.45) is 0 Å². The van der Waals surface area contributed by atoms with E-state index >= 15 is 0 Å². The molecule has 0 aliphatic rings. The summed E-state index contributed by atoms with van der Waals surface area (Å²) in [4.78, 5) is 22.8. The molecule has 0 fully saturated rings. The molecule has 3 aromatic rings. The van der Waals surface area contributed by atoms with Crippen LogP contribution in [0.2, 0.25) is 0 Å². The first-order chi connectivity index (χ1) is 13.0. The number of H-pyrrole nitrogens is 1. The summed E-state index contributed by atoms with van der Waals surface area (Å²) in [6.45, 7) is 1.76. The van der Waals surface area contributed by atoms with Crippen LogP contribution in [-0.2, 0) is 5.75 Å². The van der Waals surface area contributed by atoms with Gasteiger partial charge in [-0.1, -0.05) is 16.9 Å². The van der Waals surface area contributed by atoms with Crippen LogP contribution in [0.3, 0.4) is 0 Å². The van der Waals surface area contributed by atoms with Gasteiger partial charge in [-0.25, -0.2) is 4.98 Å². The van der Waals surface area contributed by atoms with Crippen molar-refractivity contribution < 1.29 is 18.7 Å². The molecule has 0 radical (unpaired) electrons. The molecule has 0 spiro atoms. The van der Waals surface area contributed by atoms with Crippen molar-refractivity contribution in [1.29, 1.82) is 0 Å².